The van der Waals surface area contributed by atoms with Gasteiger partial charge in [0.15, 0.2) is 5.76 Å². The first kappa shape index (κ1) is 14.5. The molecule has 7 heteroatoms. The Bertz CT molecular complexity index is 991. The summed E-state index contributed by atoms with van der Waals surface area (Å²) in [5.41, 5.74) is 1.82. The fourth-order valence-electron chi connectivity index (χ4n) is 2.42. The zero-order valence-corrected chi connectivity index (χ0v) is 13.1. The van der Waals surface area contributed by atoms with Crippen LogP contribution in [0, 0.1) is 0 Å². The van der Waals surface area contributed by atoms with Crippen molar-refractivity contribution in [2.24, 2.45) is 0 Å². The van der Waals surface area contributed by atoms with Crippen LogP contribution in [0.25, 0.3) is 16.7 Å². The molecule has 2 heterocycles. The van der Waals surface area contributed by atoms with E-state index in [1.54, 1.807) is 35.3 Å². The number of anilines is 1. The molecule has 0 fully saturated rings. The molecule has 0 aliphatic rings. The number of hydrogen-bond donors (Lipinski definition) is 1. The molecule has 0 radical (unpaired) electrons. The summed E-state index contributed by atoms with van der Waals surface area (Å²) in [4.78, 5) is 16.4. The van der Waals surface area contributed by atoms with Gasteiger partial charge in [-0.1, -0.05) is 29.8 Å². The Morgan fingerprint density at radius 1 is 1.17 bits per heavy atom. The largest absolute Gasteiger partial charge is 0.451 e. The monoisotopic (exact) mass is 338 g/mol. The Kier molecular flexibility index (Phi) is 3.51. The molecule has 0 atom stereocenters. The molecule has 1 amide bonds. The summed E-state index contributed by atoms with van der Waals surface area (Å²) < 4.78 is 7.13. The fraction of sp³-hybridized carbons (Fsp3) is 0. The molecular weight excluding hydrogens is 328 g/mol. The van der Waals surface area contributed by atoms with Crippen LogP contribution in [0.2, 0.25) is 5.02 Å². The van der Waals surface area contributed by atoms with Crippen molar-refractivity contribution in [2.45, 2.75) is 0 Å². The van der Waals surface area contributed by atoms with Gasteiger partial charge in [-0.15, -0.1) is 0 Å². The average Bonchev–Trinajstić information content (AvgIpc) is 3.24. The molecule has 0 saturated heterocycles. The number of carbonyl (C=O) groups is 1. The quantitative estimate of drug-likeness (QED) is 0.614. The minimum absolute atomic E-state index is 0.223. The lowest BCUT2D eigenvalue weighted by Crippen LogP contribution is -2.13. The van der Waals surface area contributed by atoms with E-state index in [9.17, 15) is 4.79 Å². The zero-order valence-electron chi connectivity index (χ0n) is 12.3. The number of carbonyl (C=O) groups excluding carboxylic acids is 1. The second-order valence-electron chi connectivity index (χ2n) is 5.10. The Hall–Kier alpha value is -3.12. The summed E-state index contributed by atoms with van der Waals surface area (Å²) in [6.45, 7) is 0. The number of para-hydroxylation sites is 1. The first-order valence-electron chi connectivity index (χ1n) is 7.15. The lowest BCUT2D eigenvalue weighted by molar-refractivity contribution is 0.0998. The number of fused-ring (bicyclic) bond motifs is 1. The normalized spacial score (nSPS) is 10.9. The van der Waals surface area contributed by atoms with E-state index in [1.165, 1.54) is 6.33 Å². The lowest BCUT2D eigenvalue weighted by Gasteiger charge is -2.10. The molecule has 24 heavy (non-hydrogen) atoms. The number of benzene rings is 2. The van der Waals surface area contributed by atoms with Crippen LogP contribution >= 0.6 is 11.6 Å². The maximum Gasteiger partial charge on any atom is 0.291 e. The van der Waals surface area contributed by atoms with Crippen molar-refractivity contribution in [3.63, 3.8) is 0 Å². The SMILES string of the molecule is O=C(Nc1cc(Cl)ccc1-n1cncn1)c1cc2ccccc2o1. The van der Waals surface area contributed by atoms with Gasteiger partial charge in [-0.05, 0) is 30.3 Å². The van der Waals surface area contributed by atoms with E-state index in [4.69, 9.17) is 16.0 Å². The third kappa shape index (κ3) is 2.63. The van der Waals surface area contributed by atoms with Gasteiger partial charge in [-0.25, -0.2) is 9.67 Å². The number of rotatable bonds is 3. The number of aromatic nitrogens is 3. The van der Waals surface area contributed by atoms with Crippen molar-refractivity contribution in [1.29, 1.82) is 0 Å². The van der Waals surface area contributed by atoms with E-state index in [-0.39, 0.29) is 11.7 Å². The number of nitrogens with zero attached hydrogens (tertiary/aromatic N) is 3. The van der Waals surface area contributed by atoms with Crippen LogP contribution in [0.15, 0.2) is 65.6 Å². The second-order valence-corrected chi connectivity index (χ2v) is 5.54. The van der Waals surface area contributed by atoms with Crippen LogP contribution < -0.4 is 5.32 Å². The molecule has 2 aromatic carbocycles. The van der Waals surface area contributed by atoms with Gasteiger partial charge in [-0.2, -0.15) is 5.10 Å². The van der Waals surface area contributed by atoms with Gasteiger partial charge in [0.2, 0.25) is 0 Å². The van der Waals surface area contributed by atoms with E-state index in [0.717, 1.165) is 5.39 Å². The van der Waals surface area contributed by atoms with Crippen molar-refractivity contribution < 1.29 is 9.21 Å². The third-order valence-electron chi connectivity index (χ3n) is 3.52. The average molecular weight is 339 g/mol. The van der Waals surface area contributed by atoms with E-state index < -0.39 is 0 Å². The van der Waals surface area contributed by atoms with Crippen molar-refractivity contribution in [2.75, 3.05) is 5.32 Å². The number of halogens is 1. The maximum atomic E-state index is 12.5. The van der Waals surface area contributed by atoms with Crippen LogP contribution in [-0.2, 0) is 0 Å². The predicted molar refractivity (Wildman–Crippen MR) is 90.5 cm³/mol. The molecule has 6 nitrogen and oxygen atoms in total. The van der Waals surface area contributed by atoms with Gasteiger partial charge in [0.1, 0.15) is 18.2 Å². The Labute approximate surface area is 141 Å². The molecular formula is C17H11ClN4O2. The van der Waals surface area contributed by atoms with E-state index >= 15 is 0 Å². The highest BCUT2D eigenvalue weighted by molar-refractivity contribution is 6.31. The number of furan rings is 1. The van der Waals surface area contributed by atoms with E-state index in [0.29, 0.717) is 22.0 Å². The van der Waals surface area contributed by atoms with Gasteiger partial charge in [0.25, 0.3) is 5.91 Å². The molecule has 0 aliphatic heterocycles. The molecule has 0 unspecified atom stereocenters. The molecule has 0 bridgehead atoms. The summed E-state index contributed by atoms with van der Waals surface area (Å²) in [6, 6.07) is 14.3. The number of hydrogen-bond acceptors (Lipinski definition) is 4. The lowest BCUT2D eigenvalue weighted by atomic mass is 10.2. The fourth-order valence-corrected chi connectivity index (χ4v) is 2.59. The first-order chi connectivity index (χ1) is 11.7. The van der Waals surface area contributed by atoms with Gasteiger partial charge >= 0.3 is 0 Å². The van der Waals surface area contributed by atoms with E-state index in [1.807, 2.05) is 24.3 Å². The van der Waals surface area contributed by atoms with Crippen molar-refractivity contribution in [1.82, 2.24) is 14.8 Å². The molecule has 4 rings (SSSR count). The van der Waals surface area contributed by atoms with Crippen LogP contribution in [0.5, 0.6) is 0 Å². The summed E-state index contributed by atoms with van der Waals surface area (Å²) in [6.07, 6.45) is 2.96. The predicted octanol–water partition coefficient (Wildman–Crippen LogP) is 3.92. The van der Waals surface area contributed by atoms with Crippen molar-refractivity contribution >= 4 is 34.2 Å². The van der Waals surface area contributed by atoms with Crippen molar-refractivity contribution in [3.8, 4) is 5.69 Å². The highest BCUT2D eigenvalue weighted by atomic mass is 35.5. The summed E-state index contributed by atoms with van der Waals surface area (Å²) >= 11 is 6.05. The second kappa shape index (κ2) is 5.82. The van der Waals surface area contributed by atoms with Gasteiger partial charge in [0, 0.05) is 10.4 Å². The van der Waals surface area contributed by atoms with Crippen LogP contribution in [0.3, 0.4) is 0 Å². The molecule has 118 valence electrons. The summed E-state index contributed by atoms with van der Waals surface area (Å²) in [7, 11) is 0. The highest BCUT2D eigenvalue weighted by Gasteiger charge is 2.15. The standard InChI is InChI=1S/C17H11ClN4O2/c18-12-5-6-14(22-10-19-9-20-22)13(8-12)21-17(23)16-7-11-3-1-2-4-15(11)24-16/h1-10H,(H,21,23). The smallest absolute Gasteiger partial charge is 0.291 e. The number of amides is 1. The molecule has 0 saturated carbocycles. The summed E-state index contributed by atoms with van der Waals surface area (Å²) in [5.74, 6) is -0.143. The molecule has 4 aromatic rings. The highest BCUT2D eigenvalue weighted by Crippen LogP contribution is 2.25. The molecule has 1 N–H and O–H groups in total. The zero-order chi connectivity index (χ0) is 16.5. The minimum Gasteiger partial charge on any atom is -0.451 e. The molecule has 2 aromatic heterocycles. The minimum atomic E-state index is -0.366. The first-order valence-corrected chi connectivity index (χ1v) is 7.53. The van der Waals surface area contributed by atoms with Crippen LogP contribution in [0.1, 0.15) is 10.6 Å². The van der Waals surface area contributed by atoms with Gasteiger partial charge in [-0.3, -0.25) is 4.79 Å². The molecule has 0 spiro atoms. The van der Waals surface area contributed by atoms with Crippen LogP contribution in [0.4, 0.5) is 5.69 Å². The van der Waals surface area contributed by atoms with Crippen LogP contribution in [-0.4, -0.2) is 20.7 Å². The topological polar surface area (TPSA) is 73.0 Å². The Balaban J connectivity index is 1.69. The Morgan fingerprint density at radius 3 is 2.83 bits per heavy atom. The van der Waals surface area contributed by atoms with Gasteiger partial charge in [0.05, 0.1) is 11.4 Å². The maximum absolute atomic E-state index is 12.5. The van der Waals surface area contributed by atoms with Crippen molar-refractivity contribution in [3.05, 3.63) is 72.0 Å². The van der Waals surface area contributed by atoms with E-state index in [2.05, 4.69) is 15.4 Å². The Morgan fingerprint density at radius 2 is 2.04 bits per heavy atom. The third-order valence-corrected chi connectivity index (χ3v) is 3.76. The number of nitrogens with one attached hydrogen (secondary N) is 1. The molecule has 0 aliphatic carbocycles. The summed E-state index contributed by atoms with van der Waals surface area (Å²) in [5, 5.41) is 8.26. The van der Waals surface area contributed by atoms with Gasteiger partial charge < -0.3 is 9.73 Å².